The molecule has 0 aliphatic carbocycles. The van der Waals surface area contributed by atoms with Gasteiger partial charge in [-0.25, -0.2) is 0 Å². The van der Waals surface area contributed by atoms with E-state index in [1.807, 2.05) is 13.0 Å². The standard InChI is InChI=1S/C17H19NO2/c1-12-9-18(11-16(12)17(19)20)10-14-7-4-6-13-5-2-3-8-15(13)14/h2-8,12,16H,9-11H2,1H3,(H,19,20). The summed E-state index contributed by atoms with van der Waals surface area (Å²) in [5, 5.41) is 11.7. The highest BCUT2D eigenvalue weighted by atomic mass is 16.4. The molecule has 104 valence electrons. The molecule has 3 nitrogen and oxygen atoms in total. The zero-order valence-corrected chi connectivity index (χ0v) is 11.6. The van der Waals surface area contributed by atoms with Gasteiger partial charge in [0.15, 0.2) is 0 Å². The van der Waals surface area contributed by atoms with Crippen molar-refractivity contribution >= 4 is 16.7 Å². The van der Waals surface area contributed by atoms with Crippen molar-refractivity contribution in [3.8, 4) is 0 Å². The summed E-state index contributed by atoms with van der Waals surface area (Å²) in [5.41, 5.74) is 1.28. The zero-order chi connectivity index (χ0) is 14.1. The number of nitrogens with zero attached hydrogens (tertiary/aromatic N) is 1. The van der Waals surface area contributed by atoms with Crippen LogP contribution in [0.3, 0.4) is 0 Å². The SMILES string of the molecule is CC1CN(Cc2cccc3ccccc23)CC1C(=O)O. The van der Waals surface area contributed by atoms with E-state index in [4.69, 9.17) is 0 Å². The number of hydrogen-bond acceptors (Lipinski definition) is 2. The maximum atomic E-state index is 11.2. The monoisotopic (exact) mass is 269 g/mol. The van der Waals surface area contributed by atoms with Gasteiger partial charge in [0, 0.05) is 19.6 Å². The number of benzene rings is 2. The third kappa shape index (κ3) is 2.41. The first kappa shape index (κ1) is 13.1. The summed E-state index contributed by atoms with van der Waals surface area (Å²) in [7, 11) is 0. The third-order valence-electron chi connectivity index (χ3n) is 4.28. The second kappa shape index (κ2) is 5.25. The first-order valence-electron chi connectivity index (χ1n) is 7.07. The van der Waals surface area contributed by atoms with Crippen molar-refractivity contribution in [2.75, 3.05) is 13.1 Å². The highest BCUT2D eigenvalue weighted by molar-refractivity contribution is 5.85. The van der Waals surface area contributed by atoms with E-state index in [-0.39, 0.29) is 11.8 Å². The fraction of sp³-hybridized carbons (Fsp3) is 0.353. The lowest BCUT2D eigenvalue weighted by molar-refractivity contribution is -0.142. The van der Waals surface area contributed by atoms with E-state index in [2.05, 4.69) is 41.3 Å². The van der Waals surface area contributed by atoms with Gasteiger partial charge in [-0.15, -0.1) is 0 Å². The summed E-state index contributed by atoms with van der Waals surface area (Å²) >= 11 is 0. The summed E-state index contributed by atoms with van der Waals surface area (Å²) in [6.45, 7) is 4.37. The van der Waals surface area contributed by atoms with Gasteiger partial charge < -0.3 is 5.11 Å². The quantitative estimate of drug-likeness (QED) is 0.931. The van der Waals surface area contributed by atoms with Crippen LogP contribution in [0.4, 0.5) is 0 Å². The number of hydrogen-bond donors (Lipinski definition) is 1. The topological polar surface area (TPSA) is 40.5 Å². The summed E-state index contributed by atoms with van der Waals surface area (Å²) in [6.07, 6.45) is 0. The average Bonchev–Trinajstić information content (AvgIpc) is 2.80. The van der Waals surface area contributed by atoms with Gasteiger partial charge in [0.05, 0.1) is 5.92 Å². The Morgan fingerprint density at radius 3 is 2.70 bits per heavy atom. The average molecular weight is 269 g/mol. The molecule has 1 heterocycles. The van der Waals surface area contributed by atoms with Crippen molar-refractivity contribution in [3.63, 3.8) is 0 Å². The van der Waals surface area contributed by atoms with E-state index in [0.717, 1.165) is 13.1 Å². The van der Waals surface area contributed by atoms with Crippen LogP contribution in [0.1, 0.15) is 12.5 Å². The van der Waals surface area contributed by atoms with Gasteiger partial charge >= 0.3 is 5.97 Å². The molecule has 1 aliphatic heterocycles. The molecule has 0 spiro atoms. The maximum Gasteiger partial charge on any atom is 0.308 e. The number of carboxylic acids is 1. The second-order valence-corrected chi connectivity index (χ2v) is 5.75. The van der Waals surface area contributed by atoms with E-state index in [1.165, 1.54) is 16.3 Å². The molecular formula is C17H19NO2. The summed E-state index contributed by atoms with van der Waals surface area (Å²) in [5.74, 6) is -0.676. The third-order valence-corrected chi connectivity index (χ3v) is 4.28. The van der Waals surface area contributed by atoms with Crippen molar-refractivity contribution in [2.24, 2.45) is 11.8 Å². The predicted octanol–water partition coefficient (Wildman–Crippen LogP) is 2.99. The molecule has 1 saturated heterocycles. The Balaban J connectivity index is 1.82. The molecule has 1 aliphatic rings. The summed E-state index contributed by atoms with van der Waals surface area (Å²) in [4.78, 5) is 13.5. The van der Waals surface area contributed by atoms with Crippen LogP contribution in [0.25, 0.3) is 10.8 Å². The second-order valence-electron chi connectivity index (χ2n) is 5.75. The van der Waals surface area contributed by atoms with E-state index >= 15 is 0 Å². The van der Waals surface area contributed by atoms with Crippen LogP contribution in [0, 0.1) is 11.8 Å². The Kier molecular flexibility index (Phi) is 3.45. The lowest BCUT2D eigenvalue weighted by Crippen LogP contribution is -2.23. The van der Waals surface area contributed by atoms with Gasteiger partial charge in [-0.3, -0.25) is 9.69 Å². The van der Waals surface area contributed by atoms with Crippen LogP contribution in [0.15, 0.2) is 42.5 Å². The molecule has 3 rings (SSSR count). The maximum absolute atomic E-state index is 11.2. The predicted molar refractivity (Wildman–Crippen MR) is 79.5 cm³/mol. The van der Waals surface area contributed by atoms with Crippen molar-refractivity contribution in [1.29, 1.82) is 0 Å². The molecule has 1 N–H and O–H groups in total. The van der Waals surface area contributed by atoms with Crippen LogP contribution in [-0.2, 0) is 11.3 Å². The van der Waals surface area contributed by atoms with Crippen molar-refractivity contribution < 1.29 is 9.90 Å². The Labute approximate surface area is 118 Å². The first-order chi connectivity index (χ1) is 9.65. The molecule has 20 heavy (non-hydrogen) atoms. The summed E-state index contributed by atoms with van der Waals surface area (Å²) < 4.78 is 0. The minimum atomic E-state index is -0.669. The molecule has 2 unspecified atom stereocenters. The van der Waals surface area contributed by atoms with Gasteiger partial charge in [0.25, 0.3) is 0 Å². The number of fused-ring (bicyclic) bond motifs is 1. The van der Waals surface area contributed by atoms with E-state index in [1.54, 1.807) is 0 Å². The molecule has 0 radical (unpaired) electrons. The smallest absolute Gasteiger partial charge is 0.308 e. The molecule has 0 saturated carbocycles. The zero-order valence-electron chi connectivity index (χ0n) is 11.6. The van der Waals surface area contributed by atoms with E-state index in [9.17, 15) is 9.90 Å². The van der Waals surface area contributed by atoms with Crippen molar-refractivity contribution in [3.05, 3.63) is 48.0 Å². The van der Waals surface area contributed by atoms with Crippen LogP contribution >= 0.6 is 0 Å². The van der Waals surface area contributed by atoms with Crippen LogP contribution in [0.2, 0.25) is 0 Å². The Morgan fingerprint density at radius 2 is 1.95 bits per heavy atom. The molecule has 0 aromatic heterocycles. The molecule has 2 aromatic rings. The van der Waals surface area contributed by atoms with Crippen molar-refractivity contribution in [2.45, 2.75) is 13.5 Å². The number of carbonyl (C=O) groups is 1. The fourth-order valence-electron chi connectivity index (χ4n) is 3.19. The highest BCUT2D eigenvalue weighted by Crippen LogP contribution is 2.27. The lowest BCUT2D eigenvalue weighted by atomic mass is 9.99. The minimum Gasteiger partial charge on any atom is -0.481 e. The highest BCUT2D eigenvalue weighted by Gasteiger charge is 2.34. The molecule has 2 aromatic carbocycles. The molecule has 2 atom stereocenters. The van der Waals surface area contributed by atoms with E-state index in [0.29, 0.717) is 6.54 Å². The molecule has 0 amide bonds. The molecule has 0 bridgehead atoms. The van der Waals surface area contributed by atoms with Gasteiger partial charge in [-0.1, -0.05) is 49.4 Å². The van der Waals surface area contributed by atoms with Gasteiger partial charge in [-0.05, 0) is 22.3 Å². The number of likely N-dealkylation sites (tertiary alicyclic amines) is 1. The Hall–Kier alpha value is -1.87. The molecule has 3 heteroatoms. The number of rotatable bonds is 3. The van der Waals surface area contributed by atoms with Crippen LogP contribution in [0.5, 0.6) is 0 Å². The Bertz CT molecular complexity index is 632. The Morgan fingerprint density at radius 1 is 1.20 bits per heavy atom. The van der Waals surface area contributed by atoms with Gasteiger partial charge in [0.2, 0.25) is 0 Å². The van der Waals surface area contributed by atoms with Crippen LogP contribution in [-0.4, -0.2) is 29.1 Å². The summed E-state index contributed by atoms with van der Waals surface area (Å²) in [6, 6.07) is 14.7. The number of aliphatic carboxylic acids is 1. The largest absolute Gasteiger partial charge is 0.481 e. The fourth-order valence-corrected chi connectivity index (χ4v) is 3.19. The van der Waals surface area contributed by atoms with Gasteiger partial charge in [-0.2, -0.15) is 0 Å². The van der Waals surface area contributed by atoms with Gasteiger partial charge in [0.1, 0.15) is 0 Å². The minimum absolute atomic E-state index is 0.225. The molecular weight excluding hydrogens is 250 g/mol. The van der Waals surface area contributed by atoms with E-state index < -0.39 is 5.97 Å². The van der Waals surface area contributed by atoms with Crippen LogP contribution < -0.4 is 0 Å². The first-order valence-corrected chi connectivity index (χ1v) is 7.07. The lowest BCUT2D eigenvalue weighted by Gasteiger charge is -2.16. The molecule has 1 fully saturated rings. The normalized spacial score (nSPS) is 23.2. The number of carboxylic acid groups (broad SMARTS) is 1. The van der Waals surface area contributed by atoms with Crippen molar-refractivity contribution in [1.82, 2.24) is 4.90 Å².